The van der Waals surface area contributed by atoms with E-state index in [1.54, 1.807) is 0 Å². The second-order valence-corrected chi connectivity index (χ2v) is 13.8. The lowest BCUT2D eigenvalue weighted by molar-refractivity contribution is 0.0846. The molecule has 1 aliphatic carbocycles. The van der Waals surface area contributed by atoms with Crippen molar-refractivity contribution in [2.75, 3.05) is 36.5 Å². The van der Waals surface area contributed by atoms with Crippen LogP contribution in [0, 0.1) is 6.92 Å². The first-order valence-electron chi connectivity index (χ1n) is 17.1. The third-order valence-electron chi connectivity index (χ3n) is 11.1. The van der Waals surface area contributed by atoms with Crippen LogP contribution in [-0.4, -0.2) is 56.5 Å². The number of allylic oxidation sites excluding steroid dienone is 3. The van der Waals surface area contributed by atoms with Crippen molar-refractivity contribution in [1.29, 1.82) is 0 Å². The summed E-state index contributed by atoms with van der Waals surface area (Å²) < 4.78 is 20.0. The summed E-state index contributed by atoms with van der Waals surface area (Å²) in [4.78, 5) is 16.5. The number of ether oxygens (including phenoxy) is 1. The Bertz CT molecular complexity index is 1500. The smallest absolute Gasteiger partial charge is 0.251 e. The standard InChI is InChI=1S/C38H51FN4O2/c1-7-43(31-12-16-45-17-13-31)36-21-29(19-32(25(36)4)37(44)40-22-33-23(2)18-24(3)41-26(33)5)28-8-9-35-34(20-28)38(27(6)42-35)14-10-30(39)11-15-38/h8-9,18-21,26-27,30-31,41-42H,7,10-17,22H2,1-6H3,(H,40,44). The molecule has 4 aliphatic rings. The van der Waals surface area contributed by atoms with E-state index in [0.29, 0.717) is 31.0 Å². The first-order chi connectivity index (χ1) is 21.6. The lowest BCUT2D eigenvalue weighted by atomic mass is 9.66. The number of nitrogens with one attached hydrogen (secondary N) is 3. The minimum Gasteiger partial charge on any atom is -0.382 e. The molecule has 3 N–H and O–H groups in total. The fourth-order valence-corrected chi connectivity index (χ4v) is 8.48. The van der Waals surface area contributed by atoms with Crippen LogP contribution in [0.4, 0.5) is 15.8 Å². The Labute approximate surface area is 268 Å². The fourth-order valence-electron chi connectivity index (χ4n) is 8.48. The van der Waals surface area contributed by atoms with Crippen LogP contribution >= 0.6 is 0 Å². The van der Waals surface area contributed by atoms with Crippen LogP contribution in [0.1, 0.15) is 94.6 Å². The van der Waals surface area contributed by atoms with Gasteiger partial charge in [-0.2, -0.15) is 0 Å². The molecule has 242 valence electrons. The van der Waals surface area contributed by atoms with Gasteiger partial charge in [0.05, 0.1) is 0 Å². The molecule has 2 aromatic rings. The maximum absolute atomic E-state index is 14.3. The van der Waals surface area contributed by atoms with Crippen molar-refractivity contribution in [1.82, 2.24) is 10.6 Å². The van der Waals surface area contributed by atoms with Crippen LogP contribution < -0.4 is 20.9 Å². The second kappa shape index (κ2) is 12.8. The molecular formula is C38H51FN4O2. The highest BCUT2D eigenvalue weighted by molar-refractivity contribution is 5.99. The predicted octanol–water partition coefficient (Wildman–Crippen LogP) is 7.57. The van der Waals surface area contributed by atoms with Gasteiger partial charge in [0.1, 0.15) is 6.17 Å². The van der Waals surface area contributed by atoms with Crippen molar-refractivity contribution in [3.63, 3.8) is 0 Å². The van der Waals surface area contributed by atoms with E-state index < -0.39 is 6.17 Å². The molecule has 1 spiro atoms. The molecule has 2 unspecified atom stereocenters. The van der Waals surface area contributed by atoms with Gasteiger partial charge in [-0.1, -0.05) is 6.07 Å². The van der Waals surface area contributed by atoms with Crippen LogP contribution in [0.2, 0.25) is 0 Å². The summed E-state index contributed by atoms with van der Waals surface area (Å²) in [6, 6.07) is 11.9. The van der Waals surface area contributed by atoms with Crippen LogP contribution in [-0.2, 0) is 10.2 Å². The number of alkyl halides is 1. The lowest BCUT2D eigenvalue weighted by Gasteiger charge is -2.39. The van der Waals surface area contributed by atoms with E-state index in [9.17, 15) is 9.18 Å². The lowest BCUT2D eigenvalue weighted by Crippen LogP contribution is -2.40. The summed E-state index contributed by atoms with van der Waals surface area (Å²) in [5.74, 6) is -0.0495. The summed E-state index contributed by atoms with van der Waals surface area (Å²) in [6.07, 6.45) is 6.35. The molecule has 6 rings (SSSR count). The molecule has 1 amide bonds. The maximum atomic E-state index is 14.3. The van der Waals surface area contributed by atoms with Crippen LogP contribution in [0.15, 0.2) is 53.3 Å². The zero-order valence-corrected chi connectivity index (χ0v) is 28.0. The third kappa shape index (κ3) is 6.00. The number of rotatable bonds is 7. The number of halogens is 1. The van der Waals surface area contributed by atoms with E-state index in [2.05, 4.69) is 98.8 Å². The zero-order valence-electron chi connectivity index (χ0n) is 28.0. The Morgan fingerprint density at radius 1 is 1.02 bits per heavy atom. The van der Waals surface area contributed by atoms with Gasteiger partial charge in [0, 0.05) is 72.5 Å². The number of anilines is 2. The normalized spacial score (nSPS) is 26.6. The molecule has 6 nitrogen and oxygen atoms in total. The fraction of sp³-hybridized carbons (Fsp3) is 0.553. The van der Waals surface area contributed by atoms with E-state index in [1.807, 2.05) is 0 Å². The van der Waals surface area contributed by atoms with Gasteiger partial charge in [-0.15, -0.1) is 0 Å². The molecule has 0 radical (unpaired) electrons. The van der Waals surface area contributed by atoms with Gasteiger partial charge in [0.15, 0.2) is 0 Å². The molecule has 1 saturated heterocycles. The monoisotopic (exact) mass is 614 g/mol. The molecule has 0 aromatic heterocycles. The molecular weight excluding hydrogens is 563 g/mol. The Morgan fingerprint density at radius 3 is 2.44 bits per heavy atom. The number of hydrogen-bond acceptors (Lipinski definition) is 5. The number of carbonyl (C=O) groups is 1. The Morgan fingerprint density at radius 2 is 1.76 bits per heavy atom. The number of dihydropyridines is 1. The van der Waals surface area contributed by atoms with E-state index in [0.717, 1.165) is 79.2 Å². The molecule has 7 heteroatoms. The van der Waals surface area contributed by atoms with Crippen molar-refractivity contribution >= 4 is 17.3 Å². The third-order valence-corrected chi connectivity index (χ3v) is 11.1. The van der Waals surface area contributed by atoms with Gasteiger partial charge in [0.2, 0.25) is 0 Å². The first-order valence-corrected chi connectivity index (χ1v) is 17.1. The van der Waals surface area contributed by atoms with Gasteiger partial charge >= 0.3 is 0 Å². The Kier molecular flexibility index (Phi) is 9.02. The Balaban J connectivity index is 1.40. The quantitative estimate of drug-likeness (QED) is 0.300. The van der Waals surface area contributed by atoms with Gasteiger partial charge in [-0.3, -0.25) is 4.79 Å². The van der Waals surface area contributed by atoms with E-state index in [4.69, 9.17) is 4.74 Å². The summed E-state index contributed by atoms with van der Waals surface area (Å²) in [6.45, 7) is 15.8. The first kappa shape index (κ1) is 31.7. The van der Waals surface area contributed by atoms with E-state index >= 15 is 0 Å². The highest BCUT2D eigenvalue weighted by Crippen LogP contribution is 2.51. The molecule has 3 heterocycles. The minimum absolute atomic E-state index is 0.0495. The Hall–Kier alpha value is -3.32. The van der Waals surface area contributed by atoms with Gasteiger partial charge < -0.3 is 25.6 Å². The summed E-state index contributed by atoms with van der Waals surface area (Å²) in [7, 11) is 0. The maximum Gasteiger partial charge on any atom is 0.251 e. The highest BCUT2D eigenvalue weighted by atomic mass is 19.1. The summed E-state index contributed by atoms with van der Waals surface area (Å²) in [5, 5.41) is 10.5. The van der Waals surface area contributed by atoms with Crippen molar-refractivity contribution in [2.45, 2.75) is 110 Å². The molecule has 3 aliphatic heterocycles. The molecule has 0 bridgehead atoms. The van der Waals surface area contributed by atoms with Gasteiger partial charge in [-0.25, -0.2) is 4.39 Å². The molecule has 1 saturated carbocycles. The van der Waals surface area contributed by atoms with Crippen molar-refractivity contribution < 1.29 is 13.9 Å². The molecule has 2 aromatic carbocycles. The van der Waals surface area contributed by atoms with Crippen LogP contribution in [0.25, 0.3) is 11.1 Å². The second-order valence-electron chi connectivity index (χ2n) is 13.8. The zero-order chi connectivity index (χ0) is 31.9. The molecule has 45 heavy (non-hydrogen) atoms. The van der Waals surface area contributed by atoms with Crippen molar-refractivity contribution in [2.24, 2.45) is 0 Å². The number of carbonyl (C=O) groups excluding carboxylic acids is 1. The number of nitrogens with zero attached hydrogens (tertiary/aromatic N) is 1. The van der Waals surface area contributed by atoms with Crippen molar-refractivity contribution in [3.05, 3.63) is 69.9 Å². The van der Waals surface area contributed by atoms with Crippen LogP contribution in [0.5, 0.6) is 0 Å². The summed E-state index contributed by atoms with van der Waals surface area (Å²) >= 11 is 0. The SMILES string of the molecule is CCN(c1cc(-c2ccc3c(c2)C2(CCC(F)CC2)C(C)N3)cc(C(=O)NCC2=C(C)C=C(C)NC2C)c1C)C1CCOCC1. The van der Waals surface area contributed by atoms with E-state index in [1.165, 1.54) is 16.7 Å². The largest absolute Gasteiger partial charge is 0.382 e. The van der Waals surface area contributed by atoms with Crippen molar-refractivity contribution in [3.8, 4) is 11.1 Å². The topological polar surface area (TPSA) is 65.6 Å². The highest BCUT2D eigenvalue weighted by Gasteiger charge is 2.46. The minimum atomic E-state index is -0.701. The number of hydrogen-bond donors (Lipinski definition) is 3. The molecule has 2 atom stereocenters. The number of amides is 1. The number of benzene rings is 2. The summed E-state index contributed by atoms with van der Waals surface area (Å²) in [5.41, 5.74) is 11.0. The average molecular weight is 615 g/mol. The number of fused-ring (bicyclic) bond motifs is 2. The van der Waals surface area contributed by atoms with Gasteiger partial charge in [-0.05, 0) is 144 Å². The average Bonchev–Trinajstić information content (AvgIpc) is 3.29. The van der Waals surface area contributed by atoms with Gasteiger partial charge in [0.25, 0.3) is 5.91 Å². The predicted molar refractivity (Wildman–Crippen MR) is 183 cm³/mol. The van der Waals surface area contributed by atoms with Crippen LogP contribution in [0.3, 0.4) is 0 Å². The van der Waals surface area contributed by atoms with E-state index in [-0.39, 0.29) is 23.4 Å². The molecule has 2 fully saturated rings.